The van der Waals surface area contributed by atoms with Gasteiger partial charge in [-0.3, -0.25) is 18.9 Å². The predicted octanol–water partition coefficient (Wildman–Crippen LogP) is 3.43. The highest BCUT2D eigenvalue weighted by molar-refractivity contribution is 8.26. The van der Waals surface area contributed by atoms with Crippen LogP contribution in [-0.2, 0) is 9.53 Å². The lowest BCUT2D eigenvalue weighted by molar-refractivity contribution is -0.123. The molecule has 0 bridgehead atoms. The second-order valence-corrected chi connectivity index (χ2v) is 9.79. The summed E-state index contributed by atoms with van der Waals surface area (Å²) in [4.78, 5) is 33.3. The summed E-state index contributed by atoms with van der Waals surface area (Å²) in [5.41, 5.74) is 0.707. The minimum atomic E-state index is -0.216. The van der Waals surface area contributed by atoms with Crippen molar-refractivity contribution in [3.63, 3.8) is 0 Å². The molecule has 0 spiro atoms. The van der Waals surface area contributed by atoms with Gasteiger partial charge in [0.2, 0.25) is 0 Å². The number of hydrogen-bond donors (Lipinski definition) is 1. The summed E-state index contributed by atoms with van der Waals surface area (Å²) < 4.78 is 7.77. The second kappa shape index (κ2) is 8.72. The molecule has 0 radical (unpaired) electrons. The summed E-state index contributed by atoms with van der Waals surface area (Å²) in [6.45, 7) is 1.33. The van der Waals surface area contributed by atoms with E-state index in [-0.39, 0.29) is 23.6 Å². The molecule has 2 saturated heterocycles. The Hall–Kier alpha value is -2.23. The molecule has 162 valence electrons. The zero-order valence-corrected chi connectivity index (χ0v) is 18.7. The molecule has 31 heavy (non-hydrogen) atoms. The fourth-order valence-electron chi connectivity index (χ4n) is 4.47. The normalized spacial score (nSPS) is 23.5. The van der Waals surface area contributed by atoms with Crippen LogP contribution >= 0.6 is 24.0 Å². The number of thioether (sulfide) groups is 1. The first-order valence-electron chi connectivity index (χ1n) is 10.8. The zero-order valence-electron chi connectivity index (χ0n) is 17.1. The van der Waals surface area contributed by atoms with Gasteiger partial charge in [-0.1, -0.05) is 42.9 Å². The van der Waals surface area contributed by atoms with Crippen molar-refractivity contribution in [3.05, 3.63) is 45.2 Å². The van der Waals surface area contributed by atoms with Gasteiger partial charge in [-0.05, 0) is 43.9 Å². The highest BCUT2D eigenvalue weighted by Crippen LogP contribution is 2.38. The summed E-state index contributed by atoms with van der Waals surface area (Å²) in [6.07, 6.45) is 9.66. The molecule has 3 aliphatic rings. The largest absolute Gasteiger partial charge is 0.376 e. The third-order valence-corrected chi connectivity index (χ3v) is 7.41. The SMILES string of the molecule is O=C1/C(=C\c2c(NCC3CCCO3)nc3ccccn3c2=O)SC(=S)N1C1CCCC1. The van der Waals surface area contributed by atoms with Crippen LogP contribution in [-0.4, -0.2) is 49.8 Å². The maximum atomic E-state index is 13.3. The maximum absolute atomic E-state index is 13.3. The van der Waals surface area contributed by atoms with Crippen LogP contribution in [0.1, 0.15) is 44.1 Å². The van der Waals surface area contributed by atoms with Gasteiger partial charge in [-0.2, -0.15) is 0 Å². The van der Waals surface area contributed by atoms with Crippen molar-refractivity contribution in [2.24, 2.45) is 0 Å². The number of nitrogens with one attached hydrogen (secondary N) is 1. The lowest BCUT2D eigenvalue weighted by atomic mass is 10.2. The van der Waals surface area contributed by atoms with E-state index < -0.39 is 0 Å². The van der Waals surface area contributed by atoms with Crippen LogP contribution in [0.25, 0.3) is 11.7 Å². The van der Waals surface area contributed by atoms with Gasteiger partial charge < -0.3 is 10.1 Å². The summed E-state index contributed by atoms with van der Waals surface area (Å²) in [5.74, 6) is 0.363. The van der Waals surface area contributed by atoms with E-state index in [1.807, 2.05) is 6.07 Å². The van der Waals surface area contributed by atoms with E-state index in [2.05, 4.69) is 10.3 Å². The number of anilines is 1. The number of ether oxygens (including phenoxy) is 1. The molecule has 5 rings (SSSR count). The smallest absolute Gasteiger partial charge is 0.267 e. The van der Waals surface area contributed by atoms with Gasteiger partial charge >= 0.3 is 0 Å². The summed E-state index contributed by atoms with van der Waals surface area (Å²) >= 11 is 6.78. The molecule has 7 nitrogen and oxygen atoms in total. The van der Waals surface area contributed by atoms with Crippen LogP contribution in [0.2, 0.25) is 0 Å². The number of fused-ring (bicyclic) bond motifs is 1. The number of hydrogen-bond acceptors (Lipinski definition) is 7. The minimum Gasteiger partial charge on any atom is -0.376 e. The molecular formula is C22H24N4O3S2. The molecule has 2 aromatic rings. The minimum absolute atomic E-state index is 0.101. The van der Waals surface area contributed by atoms with Gasteiger partial charge in [0, 0.05) is 25.4 Å². The molecule has 1 saturated carbocycles. The third kappa shape index (κ3) is 4.02. The van der Waals surface area contributed by atoms with Crippen LogP contribution in [0.5, 0.6) is 0 Å². The van der Waals surface area contributed by atoms with Crippen molar-refractivity contribution in [3.8, 4) is 0 Å². The second-order valence-electron chi connectivity index (χ2n) is 8.11. The molecule has 1 aliphatic carbocycles. The van der Waals surface area contributed by atoms with Gasteiger partial charge in [0.05, 0.1) is 16.6 Å². The molecule has 1 atom stereocenters. The lowest BCUT2D eigenvalue weighted by Gasteiger charge is -2.21. The van der Waals surface area contributed by atoms with E-state index >= 15 is 0 Å². The van der Waals surface area contributed by atoms with Crippen molar-refractivity contribution >= 4 is 51.7 Å². The first kappa shape index (κ1) is 20.7. The van der Waals surface area contributed by atoms with Crippen LogP contribution < -0.4 is 10.9 Å². The molecular weight excluding hydrogens is 432 g/mol. The third-order valence-electron chi connectivity index (χ3n) is 6.08. The highest BCUT2D eigenvalue weighted by Gasteiger charge is 2.38. The number of rotatable bonds is 5. The van der Waals surface area contributed by atoms with E-state index in [1.165, 1.54) is 16.2 Å². The number of aromatic nitrogens is 2. The zero-order chi connectivity index (χ0) is 21.4. The molecule has 9 heteroatoms. The van der Waals surface area contributed by atoms with E-state index in [1.54, 1.807) is 29.3 Å². The first-order chi connectivity index (χ1) is 15.1. The summed E-state index contributed by atoms with van der Waals surface area (Å²) in [6, 6.07) is 5.60. The van der Waals surface area contributed by atoms with Gasteiger partial charge in [0.25, 0.3) is 11.5 Å². The van der Waals surface area contributed by atoms with Crippen LogP contribution in [0, 0.1) is 0 Å². The monoisotopic (exact) mass is 456 g/mol. The predicted molar refractivity (Wildman–Crippen MR) is 126 cm³/mol. The van der Waals surface area contributed by atoms with Crippen LogP contribution in [0.3, 0.4) is 0 Å². The quantitative estimate of drug-likeness (QED) is 0.546. The van der Waals surface area contributed by atoms with Gasteiger partial charge in [0.15, 0.2) is 0 Å². The number of amides is 1. The molecule has 1 N–H and O–H groups in total. The number of carbonyl (C=O) groups is 1. The fraction of sp³-hybridized carbons (Fsp3) is 0.455. The Kier molecular flexibility index (Phi) is 5.81. The molecule has 3 fully saturated rings. The number of carbonyl (C=O) groups excluding carboxylic acids is 1. The lowest BCUT2D eigenvalue weighted by Crippen LogP contribution is -2.36. The number of nitrogens with zero attached hydrogens (tertiary/aromatic N) is 3. The standard InChI is InChI=1S/C22H24N4O3S2/c27-20-16(12-17-21(28)26(22(30)31-17)14-6-1-2-7-14)19(23-13-15-8-5-11-29-15)24-18-9-3-4-10-25(18)20/h3-4,9-10,12,14-15,23H,1-2,5-8,11,13H2/b17-12+. The molecule has 0 aromatic carbocycles. The topological polar surface area (TPSA) is 75.9 Å². The Morgan fingerprint density at radius 2 is 2.06 bits per heavy atom. The van der Waals surface area contributed by atoms with E-state index in [4.69, 9.17) is 17.0 Å². The average molecular weight is 457 g/mol. The Bertz CT molecular complexity index is 1120. The van der Waals surface area contributed by atoms with E-state index in [9.17, 15) is 9.59 Å². The van der Waals surface area contributed by atoms with Crippen molar-refractivity contribution in [2.75, 3.05) is 18.5 Å². The average Bonchev–Trinajstić information content (AvgIpc) is 3.52. The number of pyridine rings is 1. The molecule has 1 amide bonds. The Balaban J connectivity index is 1.52. The van der Waals surface area contributed by atoms with Gasteiger partial charge in [-0.15, -0.1) is 0 Å². The molecule has 4 heterocycles. The Morgan fingerprint density at radius 1 is 1.23 bits per heavy atom. The maximum Gasteiger partial charge on any atom is 0.267 e. The van der Waals surface area contributed by atoms with Crippen molar-refractivity contribution in [2.45, 2.75) is 50.7 Å². The summed E-state index contributed by atoms with van der Waals surface area (Å²) in [5, 5.41) is 3.29. The first-order valence-corrected chi connectivity index (χ1v) is 12.0. The highest BCUT2D eigenvalue weighted by atomic mass is 32.2. The summed E-state index contributed by atoms with van der Waals surface area (Å²) in [7, 11) is 0. The number of thiocarbonyl (C=S) groups is 1. The van der Waals surface area contributed by atoms with Crippen LogP contribution in [0.15, 0.2) is 34.1 Å². The van der Waals surface area contributed by atoms with Gasteiger partial charge in [-0.25, -0.2) is 4.98 Å². The van der Waals surface area contributed by atoms with E-state index in [0.29, 0.717) is 32.8 Å². The molecule has 2 aliphatic heterocycles. The van der Waals surface area contributed by atoms with E-state index in [0.717, 1.165) is 45.1 Å². The Labute approximate surface area is 189 Å². The Morgan fingerprint density at radius 3 is 2.84 bits per heavy atom. The van der Waals surface area contributed by atoms with Crippen LogP contribution in [0.4, 0.5) is 5.82 Å². The fourth-order valence-corrected chi connectivity index (χ4v) is 5.85. The van der Waals surface area contributed by atoms with Gasteiger partial charge in [0.1, 0.15) is 15.8 Å². The molecule has 1 unspecified atom stereocenters. The van der Waals surface area contributed by atoms with Crippen molar-refractivity contribution in [1.82, 2.24) is 14.3 Å². The molecule has 2 aromatic heterocycles. The van der Waals surface area contributed by atoms with Crippen molar-refractivity contribution in [1.29, 1.82) is 0 Å². The van der Waals surface area contributed by atoms with Crippen molar-refractivity contribution < 1.29 is 9.53 Å².